The summed E-state index contributed by atoms with van der Waals surface area (Å²) in [6.45, 7) is 1.89. The highest BCUT2D eigenvalue weighted by Gasteiger charge is 2.20. The molecular formula is C13H17BrO3. The number of hydrogen-bond acceptors (Lipinski definition) is 2. The van der Waals surface area contributed by atoms with Gasteiger partial charge in [0.1, 0.15) is 0 Å². The van der Waals surface area contributed by atoms with Gasteiger partial charge in [0.05, 0.1) is 5.92 Å². The van der Waals surface area contributed by atoms with E-state index in [1.807, 2.05) is 31.2 Å². The summed E-state index contributed by atoms with van der Waals surface area (Å²) in [6, 6.07) is 7.66. The molecule has 1 aromatic carbocycles. The summed E-state index contributed by atoms with van der Waals surface area (Å²) >= 11 is 3.37. The molecule has 0 spiro atoms. The molecule has 2 unspecified atom stereocenters. The van der Waals surface area contributed by atoms with E-state index in [1.54, 1.807) is 0 Å². The number of aliphatic hydroxyl groups is 1. The van der Waals surface area contributed by atoms with Crippen molar-refractivity contribution in [2.45, 2.75) is 19.8 Å². The van der Waals surface area contributed by atoms with Gasteiger partial charge in [-0.1, -0.05) is 35.0 Å². The van der Waals surface area contributed by atoms with Crippen LogP contribution in [0.2, 0.25) is 0 Å². The topological polar surface area (TPSA) is 57.5 Å². The van der Waals surface area contributed by atoms with Gasteiger partial charge in [0.2, 0.25) is 0 Å². The molecule has 0 amide bonds. The number of hydrogen-bond donors (Lipinski definition) is 2. The molecule has 0 saturated carbocycles. The lowest BCUT2D eigenvalue weighted by Crippen LogP contribution is -2.20. The maximum atomic E-state index is 11.1. The average Bonchev–Trinajstić information content (AvgIpc) is 2.27. The maximum absolute atomic E-state index is 11.1. The molecule has 0 aliphatic rings. The predicted octanol–water partition coefficient (Wildman–Crippen LogP) is 2.71. The van der Waals surface area contributed by atoms with Gasteiger partial charge in [0, 0.05) is 11.1 Å². The molecule has 2 N–H and O–H groups in total. The van der Waals surface area contributed by atoms with E-state index in [-0.39, 0.29) is 12.5 Å². The number of aliphatic hydroxyl groups excluding tert-OH is 1. The highest BCUT2D eigenvalue weighted by molar-refractivity contribution is 9.10. The Bertz CT molecular complexity index is 379. The zero-order chi connectivity index (χ0) is 12.8. The molecule has 0 aliphatic heterocycles. The molecule has 0 radical (unpaired) electrons. The molecule has 0 fully saturated rings. The molecule has 17 heavy (non-hydrogen) atoms. The van der Waals surface area contributed by atoms with Crippen LogP contribution in [0.25, 0.3) is 0 Å². The third-order valence-corrected chi connectivity index (χ3v) is 3.21. The zero-order valence-corrected chi connectivity index (χ0v) is 11.4. The first-order chi connectivity index (χ1) is 8.02. The van der Waals surface area contributed by atoms with Gasteiger partial charge in [-0.3, -0.25) is 4.79 Å². The number of carboxylic acid groups (broad SMARTS) is 1. The fourth-order valence-electron chi connectivity index (χ4n) is 1.78. The van der Waals surface area contributed by atoms with Crippen molar-refractivity contribution in [1.82, 2.24) is 0 Å². The molecule has 0 saturated heterocycles. The first-order valence-corrected chi connectivity index (χ1v) is 6.40. The summed E-state index contributed by atoms with van der Waals surface area (Å²) in [7, 11) is 0. The lowest BCUT2D eigenvalue weighted by atomic mass is 9.90. The summed E-state index contributed by atoms with van der Waals surface area (Å²) in [5, 5.41) is 18.1. The second-order valence-corrected chi connectivity index (χ2v) is 5.31. The van der Waals surface area contributed by atoms with E-state index in [9.17, 15) is 4.79 Å². The quantitative estimate of drug-likeness (QED) is 0.849. The Morgan fingerprint density at radius 1 is 1.47 bits per heavy atom. The zero-order valence-electron chi connectivity index (χ0n) is 9.77. The van der Waals surface area contributed by atoms with Crippen molar-refractivity contribution < 1.29 is 15.0 Å². The normalized spacial score (nSPS) is 14.3. The number of carbonyl (C=O) groups is 1. The van der Waals surface area contributed by atoms with Gasteiger partial charge in [-0.05, 0) is 36.5 Å². The molecule has 0 aliphatic carbocycles. The SMILES string of the molecule is CC(CO)CC(Cc1cccc(Br)c1)C(=O)O. The van der Waals surface area contributed by atoms with Crippen LogP contribution in [-0.2, 0) is 11.2 Å². The van der Waals surface area contributed by atoms with Crippen LogP contribution in [0.1, 0.15) is 18.9 Å². The van der Waals surface area contributed by atoms with Crippen LogP contribution in [0.5, 0.6) is 0 Å². The standard InChI is InChI=1S/C13H17BrO3/c1-9(8-15)5-11(13(16)17)6-10-3-2-4-12(14)7-10/h2-4,7,9,11,15H,5-6,8H2,1H3,(H,16,17). The number of benzene rings is 1. The van der Waals surface area contributed by atoms with E-state index >= 15 is 0 Å². The van der Waals surface area contributed by atoms with Crippen molar-refractivity contribution in [2.75, 3.05) is 6.61 Å². The highest BCUT2D eigenvalue weighted by atomic mass is 79.9. The minimum Gasteiger partial charge on any atom is -0.481 e. The summed E-state index contributed by atoms with van der Waals surface area (Å²) in [4.78, 5) is 11.1. The second-order valence-electron chi connectivity index (χ2n) is 4.39. The van der Waals surface area contributed by atoms with Crippen LogP contribution in [0.4, 0.5) is 0 Å². The van der Waals surface area contributed by atoms with Gasteiger partial charge >= 0.3 is 5.97 Å². The van der Waals surface area contributed by atoms with E-state index in [4.69, 9.17) is 10.2 Å². The van der Waals surface area contributed by atoms with Crippen molar-refractivity contribution in [3.05, 3.63) is 34.3 Å². The Labute approximate surface area is 110 Å². The number of aliphatic carboxylic acids is 1. The number of halogens is 1. The Hall–Kier alpha value is -0.870. The van der Waals surface area contributed by atoms with Crippen LogP contribution >= 0.6 is 15.9 Å². The predicted molar refractivity (Wildman–Crippen MR) is 69.8 cm³/mol. The van der Waals surface area contributed by atoms with Crippen LogP contribution in [-0.4, -0.2) is 22.8 Å². The highest BCUT2D eigenvalue weighted by Crippen LogP contribution is 2.20. The summed E-state index contributed by atoms with van der Waals surface area (Å²) < 4.78 is 0.953. The largest absolute Gasteiger partial charge is 0.481 e. The van der Waals surface area contributed by atoms with E-state index < -0.39 is 11.9 Å². The molecule has 1 rings (SSSR count). The minimum atomic E-state index is -0.801. The Kier molecular flexibility index (Phi) is 5.65. The fourth-order valence-corrected chi connectivity index (χ4v) is 2.23. The van der Waals surface area contributed by atoms with Gasteiger partial charge < -0.3 is 10.2 Å². The molecule has 2 atom stereocenters. The van der Waals surface area contributed by atoms with Gasteiger partial charge in [-0.15, -0.1) is 0 Å². The molecule has 94 valence electrons. The van der Waals surface area contributed by atoms with Crippen LogP contribution < -0.4 is 0 Å². The number of rotatable bonds is 6. The van der Waals surface area contributed by atoms with Crippen LogP contribution in [0, 0.1) is 11.8 Å². The summed E-state index contributed by atoms with van der Waals surface area (Å²) in [5.41, 5.74) is 0.997. The average molecular weight is 301 g/mol. The molecule has 3 nitrogen and oxygen atoms in total. The van der Waals surface area contributed by atoms with E-state index in [0.29, 0.717) is 12.8 Å². The van der Waals surface area contributed by atoms with E-state index in [0.717, 1.165) is 10.0 Å². The van der Waals surface area contributed by atoms with Gasteiger partial charge in [0.25, 0.3) is 0 Å². The third-order valence-electron chi connectivity index (χ3n) is 2.72. The lowest BCUT2D eigenvalue weighted by Gasteiger charge is -2.16. The first-order valence-electron chi connectivity index (χ1n) is 5.61. The van der Waals surface area contributed by atoms with Crippen molar-refractivity contribution in [3.63, 3.8) is 0 Å². The lowest BCUT2D eigenvalue weighted by molar-refractivity contribution is -0.142. The molecule has 0 bridgehead atoms. The molecule has 4 heteroatoms. The van der Waals surface area contributed by atoms with Crippen LogP contribution in [0.3, 0.4) is 0 Å². The minimum absolute atomic E-state index is 0.0169. The summed E-state index contributed by atoms with van der Waals surface area (Å²) in [6.07, 6.45) is 0.997. The third kappa shape index (κ3) is 4.88. The van der Waals surface area contributed by atoms with Crippen molar-refractivity contribution in [2.24, 2.45) is 11.8 Å². The molecular weight excluding hydrogens is 284 g/mol. The van der Waals surface area contributed by atoms with E-state index in [2.05, 4.69) is 15.9 Å². The van der Waals surface area contributed by atoms with E-state index in [1.165, 1.54) is 0 Å². The number of carboxylic acids is 1. The Balaban J connectivity index is 2.70. The molecule has 0 heterocycles. The summed E-state index contributed by atoms with van der Waals surface area (Å²) in [5.74, 6) is -1.22. The smallest absolute Gasteiger partial charge is 0.306 e. The molecule has 0 aromatic heterocycles. The second kappa shape index (κ2) is 6.77. The van der Waals surface area contributed by atoms with Gasteiger partial charge in [0.15, 0.2) is 0 Å². The maximum Gasteiger partial charge on any atom is 0.306 e. The first kappa shape index (κ1) is 14.2. The Morgan fingerprint density at radius 2 is 2.18 bits per heavy atom. The fraction of sp³-hybridized carbons (Fsp3) is 0.462. The van der Waals surface area contributed by atoms with Crippen molar-refractivity contribution >= 4 is 21.9 Å². The van der Waals surface area contributed by atoms with Crippen molar-refractivity contribution in [3.8, 4) is 0 Å². The van der Waals surface area contributed by atoms with Gasteiger partial charge in [-0.25, -0.2) is 0 Å². The monoisotopic (exact) mass is 300 g/mol. The van der Waals surface area contributed by atoms with Crippen LogP contribution in [0.15, 0.2) is 28.7 Å². The van der Waals surface area contributed by atoms with Crippen molar-refractivity contribution in [1.29, 1.82) is 0 Å². The Morgan fingerprint density at radius 3 is 2.71 bits per heavy atom. The van der Waals surface area contributed by atoms with Gasteiger partial charge in [-0.2, -0.15) is 0 Å². The molecule has 1 aromatic rings.